The highest BCUT2D eigenvalue weighted by Gasteiger charge is 2.26. The lowest BCUT2D eigenvalue weighted by atomic mass is 9.82. The maximum absolute atomic E-state index is 12.7. The average molecular weight is 308 g/mol. The number of aryl methyl sites for hydroxylation is 1. The lowest BCUT2D eigenvalue weighted by molar-refractivity contribution is -0.117. The molecule has 0 radical (unpaired) electrons. The molecule has 0 aliphatic heterocycles. The van der Waals surface area contributed by atoms with Gasteiger partial charge in [0.15, 0.2) is 0 Å². The second-order valence-electron chi connectivity index (χ2n) is 5.79. The van der Waals surface area contributed by atoms with Crippen molar-refractivity contribution >= 4 is 17.5 Å². The van der Waals surface area contributed by atoms with Crippen molar-refractivity contribution in [3.8, 4) is 0 Å². The average Bonchev–Trinajstić information content (AvgIpc) is 2.60. The molecule has 1 aliphatic carbocycles. The molecule has 1 atom stereocenters. The molecule has 118 valence electrons. The van der Waals surface area contributed by atoms with Crippen LogP contribution >= 0.6 is 0 Å². The van der Waals surface area contributed by atoms with Gasteiger partial charge < -0.3 is 10.6 Å². The summed E-state index contributed by atoms with van der Waals surface area (Å²) < 4.78 is 0. The zero-order chi connectivity index (χ0) is 16.2. The summed E-state index contributed by atoms with van der Waals surface area (Å²) in [5.74, 6) is -0.293. The van der Waals surface area contributed by atoms with Gasteiger partial charge in [0.05, 0.1) is 5.92 Å². The Morgan fingerprint density at radius 3 is 2.74 bits per heavy atom. The second-order valence-corrected chi connectivity index (χ2v) is 5.79. The Morgan fingerprint density at radius 1 is 1.09 bits per heavy atom. The molecule has 0 heterocycles. The van der Waals surface area contributed by atoms with Gasteiger partial charge in [-0.3, -0.25) is 9.59 Å². The van der Waals surface area contributed by atoms with Crippen LogP contribution in [-0.2, 0) is 11.2 Å². The Labute approximate surface area is 135 Å². The van der Waals surface area contributed by atoms with Gasteiger partial charge >= 0.3 is 0 Å². The van der Waals surface area contributed by atoms with Crippen LogP contribution in [0.15, 0.2) is 48.5 Å². The van der Waals surface area contributed by atoms with Crippen LogP contribution < -0.4 is 10.6 Å². The number of benzene rings is 2. The highest BCUT2D eigenvalue weighted by Crippen LogP contribution is 2.32. The first-order valence-corrected chi connectivity index (χ1v) is 7.90. The first-order valence-electron chi connectivity index (χ1n) is 7.90. The first-order chi connectivity index (χ1) is 11.2. The summed E-state index contributed by atoms with van der Waals surface area (Å²) >= 11 is 0. The van der Waals surface area contributed by atoms with Gasteiger partial charge in [-0.2, -0.15) is 0 Å². The quantitative estimate of drug-likeness (QED) is 0.915. The number of amides is 2. The van der Waals surface area contributed by atoms with Crippen LogP contribution in [0.25, 0.3) is 0 Å². The van der Waals surface area contributed by atoms with Crippen LogP contribution in [0, 0.1) is 0 Å². The van der Waals surface area contributed by atoms with Gasteiger partial charge in [-0.15, -0.1) is 0 Å². The molecule has 0 fully saturated rings. The van der Waals surface area contributed by atoms with Crippen molar-refractivity contribution in [2.75, 3.05) is 12.4 Å². The summed E-state index contributed by atoms with van der Waals surface area (Å²) in [6.45, 7) is 0. The Kier molecular flexibility index (Phi) is 4.42. The van der Waals surface area contributed by atoms with Gasteiger partial charge in [0.2, 0.25) is 5.91 Å². The molecule has 2 aromatic rings. The second kappa shape index (κ2) is 6.65. The van der Waals surface area contributed by atoms with Gasteiger partial charge in [0.1, 0.15) is 0 Å². The molecular weight excluding hydrogens is 288 g/mol. The first kappa shape index (κ1) is 15.3. The molecule has 23 heavy (non-hydrogen) atoms. The van der Waals surface area contributed by atoms with Gasteiger partial charge in [-0.1, -0.05) is 30.3 Å². The van der Waals surface area contributed by atoms with E-state index in [1.54, 1.807) is 31.3 Å². The maximum atomic E-state index is 12.7. The van der Waals surface area contributed by atoms with Crippen molar-refractivity contribution in [2.24, 2.45) is 0 Å². The van der Waals surface area contributed by atoms with Crippen LogP contribution in [0.1, 0.15) is 40.2 Å². The molecule has 4 nitrogen and oxygen atoms in total. The Morgan fingerprint density at radius 2 is 1.91 bits per heavy atom. The van der Waals surface area contributed by atoms with E-state index in [9.17, 15) is 9.59 Å². The lowest BCUT2D eigenvalue weighted by Crippen LogP contribution is -2.25. The molecule has 0 saturated heterocycles. The van der Waals surface area contributed by atoms with E-state index < -0.39 is 0 Å². The SMILES string of the molecule is CNC(=O)c1cccc(NC(=O)C2CCCc3ccccc32)c1. The predicted molar refractivity (Wildman–Crippen MR) is 90.6 cm³/mol. The van der Waals surface area contributed by atoms with Crippen molar-refractivity contribution < 1.29 is 9.59 Å². The molecule has 4 heteroatoms. The third-order valence-corrected chi connectivity index (χ3v) is 4.31. The van der Waals surface area contributed by atoms with E-state index in [0.717, 1.165) is 24.8 Å². The summed E-state index contributed by atoms with van der Waals surface area (Å²) in [4.78, 5) is 24.4. The number of carbonyl (C=O) groups excluding carboxylic acids is 2. The zero-order valence-electron chi connectivity index (χ0n) is 13.1. The van der Waals surface area contributed by atoms with Gasteiger partial charge in [0, 0.05) is 18.3 Å². The fourth-order valence-electron chi connectivity index (χ4n) is 3.14. The minimum absolute atomic E-state index is 0.00814. The van der Waals surface area contributed by atoms with E-state index in [1.165, 1.54) is 5.56 Å². The highest BCUT2D eigenvalue weighted by molar-refractivity contribution is 5.99. The molecule has 0 saturated carbocycles. The number of anilines is 1. The summed E-state index contributed by atoms with van der Waals surface area (Å²) in [6, 6.07) is 15.1. The molecule has 3 rings (SSSR count). The van der Waals surface area contributed by atoms with E-state index in [0.29, 0.717) is 11.3 Å². The highest BCUT2D eigenvalue weighted by atomic mass is 16.2. The van der Waals surface area contributed by atoms with Crippen molar-refractivity contribution in [3.05, 3.63) is 65.2 Å². The summed E-state index contributed by atoms with van der Waals surface area (Å²) in [5.41, 5.74) is 3.57. The summed E-state index contributed by atoms with van der Waals surface area (Å²) in [5, 5.41) is 5.54. The van der Waals surface area contributed by atoms with E-state index in [2.05, 4.69) is 16.7 Å². The molecule has 0 aromatic heterocycles. The van der Waals surface area contributed by atoms with E-state index in [1.807, 2.05) is 18.2 Å². The normalized spacial score (nSPS) is 16.3. The zero-order valence-corrected chi connectivity index (χ0v) is 13.1. The van der Waals surface area contributed by atoms with Crippen LogP contribution in [0.4, 0.5) is 5.69 Å². The van der Waals surface area contributed by atoms with Gasteiger partial charge in [-0.05, 0) is 48.6 Å². The largest absolute Gasteiger partial charge is 0.355 e. The predicted octanol–water partition coefficient (Wildman–Crippen LogP) is 3.10. The number of carbonyl (C=O) groups is 2. The lowest BCUT2D eigenvalue weighted by Gasteiger charge is -2.24. The van der Waals surface area contributed by atoms with E-state index in [4.69, 9.17) is 0 Å². The van der Waals surface area contributed by atoms with Gasteiger partial charge in [-0.25, -0.2) is 0 Å². The molecule has 0 bridgehead atoms. The number of rotatable bonds is 3. The molecular formula is C19H20N2O2. The van der Waals surface area contributed by atoms with E-state index in [-0.39, 0.29) is 17.7 Å². The van der Waals surface area contributed by atoms with Crippen molar-refractivity contribution in [1.82, 2.24) is 5.32 Å². The maximum Gasteiger partial charge on any atom is 0.251 e. The molecule has 1 unspecified atom stereocenters. The van der Waals surface area contributed by atoms with Crippen LogP contribution in [0.5, 0.6) is 0 Å². The third-order valence-electron chi connectivity index (χ3n) is 4.31. The Hall–Kier alpha value is -2.62. The standard InChI is InChI=1S/C19H20N2O2/c1-20-18(22)14-8-4-9-15(12-14)21-19(23)17-11-5-7-13-6-2-3-10-16(13)17/h2-4,6,8-10,12,17H,5,7,11H2,1H3,(H,20,22)(H,21,23). The van der Waals surface area contributed by atoms with Gasteiger partial charge in [0.25, 0.3) is 5.91 Å². The number of hydrogen-bond acceptors (Lipinski definition) is 2. The molecule has 2 amide bonds. The summed E-state index contributed by atoms with van der Waals surface area (Å²) in [6.07, 6.45) is 2.91. The van der Waals surface area contributed by atoms with Crippen molar-refractivity contribution in [3.63, 3.8) is 0 Å². The molecule has 1 aliphatic rings. The minimum atomic E-state index is -0.163. The minimum Gasteiger partial charge on any atom is -0.355 e. The Bertz CT molecular complexity index is 740. The topological polar surface area (TPSA) is 58.2 Å². The van der Waals surface area contributed by atoms with E-state index >= 15 is 0 Å². The number of hydrogen-bond donors (Lipinski definition) is 2. The molecule has 2 aromatic carbocycles. The van der Waals surface area contributed by atoms with Crippen LogP contribution in [0.2, 0.25) is 0 Å². The monoisotopic (exact) mass is 308 g/mol. The third kappa shape index (κ3) is 3.26. The van der Waals surface area contributed by atoms with Crippen molar-refractivity contribution in [2.45, 2.75) is 25.2 Å². The molecule has 2 N–H and O–H groups in total. The fourth-order valence-corrected chi connectivity index (χ4v) is 3.14. The smallest absolute Gasteiger partial charge is 0.251 e. The van der Waals surface area contributed by atoms with Crippen molar-refractivity contribution in [1.29, 1.82) is 0 Å². The summed E-state index contributed by atoms with van der Waals surface area (Å²) in [7, 11) is 1.59. The number of fused-ring (bicyclic) bond motifs is 1. The van der Waals surface area contributed by atoms with Crippen LogP contribution in [-0.4, -0.2) is 18.9 Å². The fraction of sp³-hybridized carbons (Fsp3) is 0.263. The number of nitrogens with one attached hydrogen (secondary N) is 2. The Balaban J connectivity index is 1.79. The molecule has 0 spiro atoms. The van der Waals surface area contributed by atoms with Crippen LogP contribution in [0.3, 0.4) is 0 Å².